The second-order valence-corrected chi connectivity index (χ2v) is 8.34. The zero-order valence-electron chi connectivity index (χ0n) is 15.5. The van der Waals surface area contributed by atoms with Crippen LogP contribution in [0, 0.1) is 0 Å². The van der Waals surface area contributed by atoms with Gasteiger partial charge in [-0.05, 0) is 42.4 Å². The third-order valence-corrected chi connectivity index (χ3v) is 6.56. The molecule has 3 aromatic heterocycles. The van der Waals surface area contributed by atoms with Crippen LogP contribution in [-0.4, -0.2) is 87.8 Å². The maximum absolute atomic E-state index is 5.42. The van der Waals surface area contributed by atoms with E-state index in [2.05, 4.69) is 37.7 Å². The van der Waals surface area contributed by atoms with Gasteiger partial charge < -0.3 is 15.0 Å². The first-order chi connectivity index (χ1) is 13.3. The fourth-order valence-electron chi connectivity index (χ4n) is 3.91. The third-order valence-electron chi connectivity index (χ3n) is 5.37. The summed E-state index contributed by atoms with van der Waals surface area (Å²) in [5.41, 5.74) is 1.41. The van der Waals surface area contributed by atoms with Gasteiger partial charge in [-0.2, -0.15) is 9.50 Å². The summed E-state index contributed by atoms with van der Waals surface area (Å²) < 4.78 is 7.19. The number of likely N-dealkylation sites (N-methyl/N-ethyl adjacent to an activating group) is 1. The van der Waals surface area contributed by atoms with Crippen molar-refractivity contribution in [2.45, 2.75) is 19.4 Å². The lowest BCUT2D eigenvalue weighted by atomic mass is 10.1. The SMILES string of the molecule is CN1CCc2c(sc3c2c(NCCCN2CCOCC2)nc2nnnn23)C1. The van der Waals surface area contributed by atoms with Crippen molar-refractivity contribution in [3.05, 3.63) is 10.4 Å². The molecule has 10 heteroatoms. The minimum Gasteiger partial charge on any atom is -0.379 e. The Hall–Kier alpha value is -1.88. The summed E-state index contributed by atoms with van der Waals surface area (Å²) >= 11 is 1.79. The summed E-state index contributed by atoms with van der Waals surface area (Å²) in [6, 6.07) is 0. The van der Waals surface area contributed by atoms with Gasteiger partial charge in [-0.1, -0.05) is 5.10 Å². The van der Waals surface area contributed by atoms with E-state index in [0.717, 1.165) is 76.0 Å². The van der Waals surface area contributed by atoms with Crippen molar-refractivity contribution >= 4 is 33.1 Å². The predicted octanol–water partition coefficient (Wildman–Crippen LogP) is 0.856. The fourth-order valence-corrected chi connectivity index (χ4v) is 5.28. The predicted molar refractivity (Wildman–Crippen MR) is 104 cm³/mol. The molecule has 5 heterocycles. The van der Waals surface area contributed by atoms with E-state index >= 15 is 0 Å². The first kappa shape index (κ1) is 17.2. The number of nitrogens with zero attached hydrogens (tertiary/aromatic N) is 7. The molecule has 2 aliphatic rings. The summed E-state index contributed by atoms with van der Waals surface area (Å²) in [6.45, 7) is 7.79. The average molecular weight is 389 g/mol. The molecule has 1 N–H and O–H groups in total. The van der Waals surface area contributed by atoms with Crippen LogP contribution in [0.25, 0.3) is 16.0 Å². The molecular formula is C17H24N8OS. The normalized spacial score (nSPS) is 19.0. The van der Waals surface area contributed by atoms with Gasteiger partial charge >= 0.3 is 0 Å². The molecule has 0 bridgehead atoms. The van der Waals surface area contributed by atoms with Crippen LogP contribution in [0.15, 0.2) is 0 Å². The van der Waals surface area contributed by atoms with Crippen LogP contribution >= 0.6 is 11.3 Å². The molecule has 3 aromatic rings. The smallest absolute Gasteiger partial charge is 0.276 e. The van der Waals surface area contributed by atoms with Gasteiger partial charge in [0.1, 0.15) is 10.6 Å². The van der Waals surface area contributed by atoms with Crippen molar-refractivity contribution in [3.8, 4) is 0 Å². The lowest BCUT2D eigenvalue weighted by molar-refractivity contribution is 0.0378. The second-order valence-electron chi connectivity index (χ2n) is 7.26. The number of nitrogens with one attached hydrogen (secondary N) is 1. The van der Waals surface area contributed by atoms with Gasteiger partial charge in [-0.15, -0.1) is 11.3 Å². The van der Waals surface area contributed by atoms with Gasteiger partial charge in [0.25, 0.3) is 5.78 Å². The van der Waals surface area contributed by atoms with E-state index in [1.165, 1.54) is 15.8 Å². The van der Waals surface area contributed by atoms with Crippen LogP contribution in [0.2, 0.25) is 0 Å². The second kappa shape index (κ2) is 7.27. The van der Waals surface area contributed by atoms with Crippen molar-refractivity contribution in [3.63, 3.8) is 0 Å². The molecule has 0 saturated carbocycles. The van der Waals surface area contributed by atoms with Crippen molar-refractivity contribution in [2.75, 3.05) is 58.3 Å². The van der Waals surface area contributed by atoms with Crippen LogP contribution in [-0.2, 0) is 17.7 Å². The molecule has 1 fully saturated rings. The number of hydrogen-bond donors (Lipinski definition) is 1. The van der Waals surface area contributed by atoms with E-state index in [9.17, 15) is 0 Å². The van der Waals surface area contributed by atoms with Crippen LogP contribution < -0.4 is 5.32 Å². The number of ether oxygens (including phenoxy) is 1. The Morgan fingerprint density at radius 2 is 2.11 bits per heavy atom. The fraction of sp³-hybridized carbons (Fsp3) is 0.647. The molecule has 0 aromatic carbocycles. The zero-order valence-corrected chi connectivity index (χ0v) is 16.3. The third kappa shape index (κ3) is 3.27. The Kier molecular flexibility index (Phi) is 4.64. The van der Waals surface area contributed by atoms with Gasteiger partial charge in [-0.25, -0.2) is 0 Å². The van der Waals surface area contributed by atoms with Crippen molar-refractivity contribution in [2.24, 2.45) is 0 Å². The molecule has 144 valence electrons. The number of aromatic nitrogens is 5. The maximum Gasteiger partial charge on any atom is 0.276 e. The monoisotopic (exact) mass is 388 g/mol. The molecule has 1 saturated heterocycles. The summed E-state index contributed by atoms with van der Waals surface area (Å²) in [4.78, 5) is 12.0. The first-order valence-corrected chi connectivity index (χ1v) is 10.4. The van der Waals surface area contributed by atoms with E-state index in [-0.39, 0.29) is 0 Å². The van der Waals surface area contributed by atoms with Gasteiger partial charge in [0.05, 0.1) is 18.6 Å². The molecule has 2 aliphatic heterocycles. The summed E-state index contributed by atoms with van der Waals surface area (Å²) in [7, 11) is 2.17. The van der Waals surface area contributed by atoms with Crippen LogP contribution in [0.1, 0.15) is 16.9 Å². The highest BCUT2D eigenvalue weighted by atomic mass is 32.1. The Morgan fingerprint density at radius 1 is 1.22 bits per heavy atom. The Morgan fingerprint density at radius 3 is 3.00 bits per heavy atom. The summed E-state index contributed by atoms with van der Waals surface area (Å²) in [5.74, 6) is 1.49. The molecule has 0 aliphatic carbocycles. The average Bonchev–Trinajstić information content (AvgIpc) is 3.29. The van der Waals surface area contributed by atoms with Crippen molar-refractivity contribution in [1.29, 1.82) is 0 Å². The van der Waals surface area contributed by atoms with Gasteiger partial charge in [0.2, 0.25) is 0 Å². The highest BCUT2D eigenvalue weighted by Gasteiger charge is 2.24. The summed E-state index contributed by atoms with van der Waals surface area (Å²) in [6.07, 6.45) is 2.12. The molecule has 27 heavy (non-hydrogen) atoms. The van der Waals surface area contributed by atoms with Crippen LogP contribution in [0.3, 0.4) is 0 Å². The van der Waals surface area contributed by atoms with Gasteiger partial charge in [-0.3, -0.25) is 4.90 Å². The van der Waals surface area contributed by atoms with Gasteiger partial charge in [0, 0.05) is 37.6 Å². The Bertz CT molecular complexity index is 947. The summed E-state index contributed by atoms with van der Waals surface area (Å²) in [5, 5.41) is 16.8. The van der Waals surface area contributed by atoms with Crippen molar-refractivity contribution < 1.29 is 4.74 Å². The molecule has 0 spiro atoms. The number of morpholine rings is 1. The number of fused-ring (bicyclic) bond motifs is 5. The van der Waals surface area contributed by atoms with E-state index in [1.54, 1.807) is 15.9 Å². The van der Waals surface area contributed by atoms with E-state index in [1.807, 2.05) is 0 Å². The van der Waals surface area contributed by atoms with Gasteiger partial charge in [0.15, 0.2) is 0 Å². The largest absolute Gasteiger partial charge is 0.379 e. The van der Waals surface area contributed by atoms with E-state index in [4.69, 9.17) is 9.72 Å². The zero-order chi connectivity index (χ0) is 18.2. The molecule has 0 amide bonds. The van der Waals surface area contributed by atoms with Crippen LogP contribution in [0.5, 0.6) is 0 Å². The maximum atomic E-state index is 5.42. The number of tetrazole rings is 1. The van der Waals surface area contributed by atoms with Crippen LogP contribution in [0.4, 0.5) is 5.82 Å². The lowest BCUT2D eigenvalue weighted by Gasteiger charge is -2.26. The van der Waals surface area contributed by atoms with E-state index < -0.39 is 0 Å². The Labute approximate surface area is 161 Å². The molecule has 0 radical (unpaired) electrons. The number of anilines is 1. The first-order valence-electron chi connectivity index (χ1n) is 9.54. The highest BCUT2D eigenvalue weighted by molar-refractivity contribution is 7.19. The number of hydrogen-bond acceptors (Lipinski definition) is 9. The quantitative estimate of drug-likeness (QED) is 0.645. The Balaban J connectivity index is 1.40. The minimum atomic E-state index is 0.560. The number of thiophene rings is 1. The molecular weight excluding hydrogens is 364 g/mol. The van der Waals surface area contributed by atoms with E-state index in [0.29, 0.717) is 5.78 Å². The molecule has 9 nitrogen and oxygen atoms in total. The molecule has 5 rings (SSSR count). The standard InChI is InChI=1S/C17H24N8OS/c1-23-6-3-12-13(11-23)27-16-14(12)15(19-17-20-21-22-25(16)17)18-4-2-5-24-7-9-26-10-8-24/h2-11H2,1H3,(H,18,19,20,22). The number of rotatable bonds is 5. The topological polar surface area (TPSA) is 83.7 Å². The van der Waals surface area contributed by atoms with Crippen molar-refractivity contribution in [1.82, 2.24) is 34.8 Å². The molecule has 0 unspecified atom stereocenters. The highest BCUT2D eigenvalue weighted by Crippen LogP contribution is 2.38. The lowest BCUT2D eigenvalue weighted by Crippen LogP contribution is -2.37. The minimum absolute atomic E-state index is 0.560. The molecule has 0 atom stereocenters.